The Kier molecular flexibility index (Phi) is 7.88. The lowest BCUT2D eigenvalue weighted by molar-refractivity contribution is -0.384. The molecule has 212 valence electrons. The molecule has 8 rings (SSSR count). The van der Waals surface area contributed by atoms with Crippen molar-refractivity contribution in [1.82, 2.24) is 0 Å². The highest BCUT2D eigenvalue weighted by Gasteiger charge is 2.30. The number of benzene rings is 6. The van der Waals surface area contributed by atoms with Gasteiger partial charge in [0, 0.05) is 35.4 Å². The number of nitrogens with zero attached hydrogens (tertiary/aromatic N) is 2. The first-order valence-electron chi connectivity index (χ1n) is 14.1. The van der Waals surface area contributed by atoms with Crippen molar-refractivity contribution in [2.45, 2.75) is 0 Å². The van der Waals surface area contributed by atoms with Gasteiger partial charge in [0.1, 0.15) is 0 Å². The first-order chi connectivity index (χ1) is 21.5. The molecule has 0 radical (unpaired) electrons. The van der Waals surface area contributed by atoms with Gasteiger partial charge in [-0.2, -0.15) is 4.74 Å². The molecule has 0 fully saturated rings. The van der Waals surface area contributed by atoms with Crippen molar-refractivity contribution < 1.29 is 14.5 Å². The molecule has 6 aromatic carbocycles. The van der Waals surface area contributed by atoms with Crippen LogP contribution in [0.3, 0.4) is 0 Å². The van der Waals surface area contributed by atoms with Crippen LogP contribution in [0.5, 0.6) is 0 Å². The number of hydrogen-bond donors (Lipinski definition) is 0. The lowest BCUT2D eigenvalue weighted by atomic mass is 10.1. The fraction of sp³-hybridized carbons (Fsp3) is 0. The maximum absolute atomic E-state index is 12.9. The van der Waals surface area contributed by atoms with Gasteiger partial charge in [0.2, 0.25) is 11.4 Å². The van der Waals surface area contributed by atoms with E-state index >= 15 is 0 Å². The van der Waals surface area contributed by atoms with Gasteiger partial charge in [-0.05, 0) is 34.4 Å². The molecule has 6 heteroatoms. The van der Waals surface area contributed by atoms with E-state index in [2.05, 4.69) is 12.1 Å². The first kappa shape index (κ1) is 28.0. The SMILES string of the molecule is O=C1c2ccccc2-c2ccccc21.O=[N+]([O-])c1ccccc1.[O-][N+](=C1c2ccccc2-c2ccccc21)c1ccccc1. The molecule has 2 aliphatic rings. The van der Waals surface area contributed by atoms with Gasteiger partial charge < -0.3 is 5.21 Å². The number of carbonyl (C=O) groups is 1. The summed E-state index contributed by atoms with van der Waals surface area (Å²) in [6.07, 6.45) is 0. The molecule has 0 saturated carbocycles. The average molecular weight is 575 g/mol. The molecule has 6 aromatic rings. The molecule has 0 spiro atoms. The molecule has 6 nitrogen and oxygen atoms in total. The highest BCUT2D eigenvalue weighted by Crippen LogP contribution is 2.38. The zero-order valence-electron chi connectivity index (χ0n) is 23.5. The number of nitro benzene ring substituents is 1. The van der Waals surface area contributed by atoms with Crippen molar-refractivity contribution in [3.8, 4) is 22.3 Å². The van der Waals surface area contributed by atoms with Gasteiger partial charge in [0.05, 0.1) is 16.1 Å². The maximum atomic E-state index is 12.9. The molecular formula is C38H26N2O4. The number of rotatable bonds is 2. The molecule has 0 N–H and O–H groups in total. The standard InChI is InChI=1S/C19H13NO.C13H8O.C6H5NO2/c21-20(14-8-2-1-3-9-14)19-17-12-6-4-10-15(17)16-11-5-7-13-18(16)19;14-13-11-7-3-1-5-9(11)10-6-2-4-8-12(10)13;8-7(9)6-4-2-1-3-5-6/h1-13H;1-8H;1-5H. The summed E-state index contributed by atoms with van der Waals surface area (Å²) in [7, 11) is 0. The smallest absolute Gasteiger partial charge is 0.269 e. The van der Waals surface area contributed by atoms with Crippen molar-refractivity contribution >= 4 is 22.9 Å². The second-order valence-electron chi connectivity index (χ2n) is 10.1. The topological polar surface area (TPSA) is 86.3 Å². The van der Waals surface area contributed by atoms with Crippen LogP contribution in [0, 0.1) is 15.3 Å². The van der Waals surface area contributed by atoms with E-state index in [9.17, 15) is 20.1 Å². The van der Waals surface area contributed by atoms with Gasteiger partial charge in [-0.3, -0.25) is 14.9 Å². The normalized spacial score (nSPS) is 11.5. The van der Waals surface area contributed by atoms with Gasteiger partial charge >= 0.3 is 0 Å². The van der Waals surface area contributed by atoms with E-state index in [0.29, 0.717) is 5.69 Å². The van der Waals surface area contributed by atoms with E-state index in [0.717, 1.165) is 55.0 Å². The fourth-order valence-corrected chi connectivity index (χ4v) is 5.43. The third kappa shape index (κ3) is 5.40. The number of hydrogen-bond acceptors (Lipinski definition) is 4. The number of carbonyl (C=O) groups excluding carboxylic acids is 1. The summed E-state index contributed by atoms with van der Waals surface area (Å²) in [6.45, 7) is 0. The Morgan fingerprint density at radius 1 is 0.364 bits per heavy atom. The van der Waals surface area contributed by atoms with Gasteiger partial charge in [-0.25, -0.2) is 0 Å². The number of para-hydroxylation sites is 2. The quantitative estimate of drug-likeness (QED) is 0.0893. The molecular weight excluding hydrogens is 548 g/mol. The predicted octanol–water partition coefficient (Wildman–Crippen LogP) is 8.84. The summed E-state index contributed by atoms with van der Waals surface area (Å²) < 4.78 is 1.03. The van der Waals surface area contributed by atoms with Crippen molar-refractivity contribution in [1.29, 1.82) is 0 Å². The van der Waals surface area contributed by atoms with E-state index in [1.165, 1.54) is 12.1 Å². The monoisotopic (exact) mass is 574 g/mol. The van der Waals surface area contributed by atoms with Crippen LogP contribution in [0.2, 0.25) is 0 Å². The van der Waals surface area contributed by atoms with E-state index in [1.54, 1.807) is 18.2 Å². The van der Waals surface area contributed by atoms with Crippen LogP contribution in [-0.4, -0.2) is 21.2 Å². The Morgan fingerprint density at radius 2 is 0.659 bits per heavy atom. The van der Waals surface area contributed by atoms with Crippen LogP contribution >= 0.6 is 0 Å². The summed E-state index contributed by atoms with van der Waals surface area (Å²) in [4.78, 5) is 21.5. The van der Waals surface area contributed by atoms with Crippen LogP contribution in [-0.2, 0) is 0 Å². The number of ketones is 1. The van der Waals surface area contributed by atoms with Crippen LogP contribution in [0.25, 0.3) is 22.3 Å². The van der Waals surface area contributed by atoms with Crippen molar-refractivity contribution in [3.05, 3.63) is 195 Å². The number of non-ortho nitro benzene ring substituents is 1. The lowest BCUT2D eigenvalue weighted by Crippen LogP contribution is -2.11. The molecule has 0 heterocycles. The van der Waals surface area contributed by atoms with E-state index in [-0.39, 0.29) is 11.5 Å². The molecule has 0 saturated heterocycles. The van der Waals surface area contributed by atoms with Crippen LogP contribution < -0.4 is 0 Å². The van der Waals surface area contributed by atoms with E-state index in [1.807, 2.05) is 115 Å². The summed E-state index contributed by atoms with van der Waals surface area (Å²) in [5, 5.41) is 22.9. The molecule has 0 amide bonds. The molecule has 0 aromatic heterocycles. The van der Waals surface area contributed by atoms with Gasteiger partial charge in [0.25, 0.3) is 5.69 Å². The molecule has 0 atom stereocenters. The summed E-state index contributed by atoms with van der Waals surface area (Å²) in [6, 6.07) is 48.9. The van der Waals surface area contributed by atoms with E-state index < -0.39 is 4.92 Å². The highest BCUT2D eigenvalue weighted by atomic mass is 16.6. The second-order valence-corrected chi connectivity index (χ2v) is 10.1. The Hall–Kier alpha value is -6.14. The lowest BCUT2D eigenvalue weighted by Gasteiger charge is -2.08. The minimum atomic E-state index is -0.417. The van der Waals surface area contributed by atoms with E-state index in [4.69, 9.17) is 0 Å². The summed E-state index contributed by atoms with van der Waals surface area (Å²) in [5.74, 6) is 0.149. The second kappa shape index (κ2) is 12.4. The number of fused-ring (bicyclic) bond motifs is 6. The van der Waals surface area contributed by atoms with Crippen molar-refractivity contribution in [2.24, 2.45) is 0 Å². The molecule has 0 unspecified atom stereocenters. The van der Waals surface area contributed by atoms with Gasteiger partial charge in [-0.15, -0.1) is 0 Å². The third-order valence-corrected chi connectivity index (χ3v) is 7.45. The predicted molar refractivity (Wildman–Crippen MR) is 173 cm³/mol. The maximum Gasteiger partial charge on any atom is 0.269 e. The summed E-state index contributed by atoms with van der Waals surface area (Å²) >= 11 is 0. The zero-order valence-corrected chi connectivity index (χ0v) is 23.5. The molecule has 0 bridgehead atoms. The average Bonchev–Trinajstić information content (AvgIpc) is 3.58. The first-order valence-corrected chi connectivity index (χ1v) is 14.1. The fourth-order valence-electron chi connectivity index (χ4n) is 5.43. The Bertz CT molecular complexity index is 1920. The van der Waals surface area contributed by atoms with Crippen LogP contribution in [0.15, 0.2) is 158 Å². The molecule has 0 aliphatic heterocycles. The highest BCUT2D eigenvalue weighted by molar-refractivity contribution is 6.22. The minimum absolute atomic E-state index is 0.137. The van der Waals surface area contributed by atoms with Crippen molar-refractivity contribution in [2.75, 3.05) is 0 Å². The third-order valence-electron chi connectivity index (χ3n) is 7.45. The Morgan fingerprint density at radius 3 is 1.02 bits per heavy atom. The van der Waals surface area contributed by atoms with Gasteiger partial charge in [-0.1, -0.05) is 121 Å². The van der Waals surface area contributed by atoms with Gasteiger partial charge in [0.15, 0.2) is 5.78 Å². The number of nitro groups is 1. The van der Waals surface area contributed by atoms with Crippen LogP contribution in [0.4, 0.5) is 11.4 Å². The molecule has 44 heavy (non-hydrogen) atoms. The van der Waals surface area contributed by atoms with Crippen molar-refractivity contribution in [3.63, 3.8) is 0 Å². The minimum Gasteiger partial charge on any atom is -0.618 e. The summed E-state index contributed by atoms with van der Waals surface area (Å²) in [5.41, 5.74) is 9.54. The molecule has 2 aliphatic carbocycles. The Labute approximate surface area is 254 Å². The largest absolute Gasteiger partial charge is 0.618 e. The Balaban J connectivity index is 0.000000128. The van der Waals surface area contributed by atoms with Crippen LogP contribution in [0.1, 0.15) is 27.0 Å². The zero-order chi connectivity index (χ0) is 30.5.